The van der Waals surface area contributed by atoms with Gasteiger partial charge in [0.2, 0.25) is 0 Å². The second-order valence-corrected chi connectivity index (χ2v) is 4.68. The highest BCUT2D eigenvalue weighted by Gasteiger charge is 2.20. The number of carbonyl (C=O) groups is 2. The van der Waals surface area contributed by atoms with Gasteiger partial charge in [0, 0.05) is 19.3 Å². The number of carbonyl (C=O) groups excluding carboxylic acids is 2. The molecule has 0 aliphatic heterocycles. The summed E-state index contributed by atoms with van der Waals surface area (Å²) >= 11 is 0. The van der Waals surface area contributed by atoms with E-state index in [9.17, 15) is 9.59 Å². The molecule has 3 heteroatoms. The Balaban J connectivity index is 1.88. The molecule has 0 aromatic rings. The minimum Gasteiger partial charge on any atom is -0.469 e. The molecule has 1 aliphatic carbocycles. The summed E-state index contributed by atoms with van der Waals surface area (Å²) in [6, 6.07) is 0. The van der Waals surface area contributed by atoms with Crippen molar-refractivity contribution in [2.45, 2.75) is 57.8 Å². The molecule has 1 aliphatic rings. The Labute approximate surface area is 97.5 Å². The molecule has 1 atom stereocenters. The number of ketones is 1. The number of ether oxygens (including phenoxy) is 1. The van der Waals surface area contributed by atoms with E-state index in [-0.39, 0.29) is 5.97 Å². The molecule has 0 saturated heterocycles. The summed E-state index contributed by atoms with van der Waals surface area (Å²) in [4.78, 5) is 21.9. The lowest BCUT2D eigenvalue weighted by atomic mass is 9.99. The first kappa shape index (κ1) is 13.2. The molecule has 1 rings (SSSR count). The Morgan fingerprint density at radius 3 is 2.69 bits per heavy atom. The van der Waals surface area contributed by atoms with Gasteiger partial charge in [-0.25, -0.2) is 0 Å². The third-order valence-electron chi connectivity index (χ3n) is 3.32. The van der Waals surface area contributed by atoms with E-state index in [1.807, 2.05) is 0 Å². The fraction of sp³-hybridized carbons (Fsp3) is 0.846. The Bertz CT molecular complexity index is 235. The van der Waals surface area contributed by atoms with Gasteiger partial charge in [0.05, 0.1) is 7.11 Å². The van der Waals surface area contributed by atoms with E-state index in [4.69, 9.17) is 0 Å². The van der Waals surface area contributed by atoms with E-state index >= 15 is 0 Å². The first-order valence-electron chi connectivity index (χ1n) is 6.31. The fourth-order valence-corrected chi connectivity index (χ4v) is 2.30. The number of hydrogen-bond acceptors (Lipinski definition) is 3. The maximum Gasteiger partial charge on any atom is 0.305 e. The van der Waals surface area contributed by atoms with Crippen LogP contribution in [0.5, 0.6) is 0 Å². The summed E-state index contributed by atoms with van der Waals surface area (Å²) in [6.07, 6.45) is 8.81. The number of unbranched alkanes of at least 4 members (excludes halogenated alkanes) is 3. The van der Waals surface area contributed by atoms with Gasteiger partial charge in [-0.1, -0.05) is 25.7 Å². The van der Waals surface area contributed by atoms with E-state index in [1.54, 1.807) is 0 Å². The summed E-state index contributed by atoms with van der Waals surface area (Å²) < 4.78 is 4.57. The number of methoxy groups -OCH3 is 1. The van der Waals surface area contributed by atoms with Crippen LogP contribution >= 0.6 is 0 Å². The molecule has 0 spiro atoms. The minimum absolute atomic E-state index is 0.110. The number of esters is 1. The van der Waals surface area contributed by atoms with Crippen molar-refractivity contribution in [3.63, 3.8) is 0 Å². The van der Waals surface area contributed by atoms with Crippen LogP contribution in [-0.2, 0) is 14.3 Å². The van der Waals surface area contributed by atoms with Crippen LogP contribution in [0.15, 0.2) is 0 Å². The third-order valence-corrected chi connectivity index (χ3v) is 3.32. The van der Waals surface area contributed by atoms with Crippen molar-refractivity contribution in [1.29, 1.82) is 0 Å². The van der Waals surface area contributed by atoms with E-state index in [1.165, 1.54) is 26.4 Å². The van der Waals surface area contributed by atoms with E-state index in [2.05, 4.69) is 4.74 Å². The molecule has 1 unspecified atom stereocenters. The van der Waals surface area contributed by atoms with Crippen LogP contribution in [0.2, 0.25) is 0 Å². The fourth-order valence-electron chi connectivity index (χ4n) is 2.30. The normalized spacial score (nSPS) is 20.1. The van der Waals surface area contributed by atoms with Crippen LogP contribution < -0.4 is 0 Å². The summed E-state index contributed by atoms with van der Waals surface area (Å²) in [5.74, 6) is 0.977. The lowest BCUT2D eigenvalue weighted by Gasteiger charge is -2.06. The minimum atomic E-state index is -0.110. The summed E-state index contributed by atoms with van der Waals surface area (Å²) in [7, 11) is 1.43. The zero-order valence-corrected chi connectivity index (χ0v) is 10.2. The summed E-state index contributed by atoms with van der Waals surface area (Å²) in [5, 5.41) is 0. The monoisotopic (exact) mass is 226 g/mol. The van der Waals surface area contributed by atoms with E-state index in [0.29, 0.717) is 18.1 Å². The van der Waals surface area contributed by atoms with Gasteiger partial charge in [-0.2, -0.15) is 0 Å². The Hall–Kier alpha value is -0.860. The van der Waals surface area contributed by atoms with Crippen LogP contribution in [0.1, 0.15) is 57.8 Å². The molecule has 0 heterocycles. The SMILES string of the molecule is COC(=O)CCCCCCC1CCC(=O)C1. The average Bonchev–Trinajstić information content (AvgIpc) is 2.69. The second kappa shape index (κ2) is 7.42. The standard InChI is InChI=1S/C13H22O3/c1-16-13(15)7-5-3-2-4-6-11-8-9-12(14)10-11/h11H,2-10H2,1H3. The highest BCUT2D eigenvalue weighted by molar-refractivity contribution is 5.80. The molecule has 1 saturated carbocycles. The molecule has 0 N–H and O–H groups in total. The number of rotatable bonds is 7. The third kappa shape index (κ3) is 5.29. The highest BCUT2D eigenvalue weighted by Crippen LogP contribution is 2.27. The van der Waals surface area contributed by atoms with Crippen molar-refractivity contribution in [2.75, 3.05) is 7.11 Å². The molecule has 0 bridgehead atoms. The van der Waals surface area contributed by atoms with Crippen LogP contribution in [0.4, 0.5) is 0 Å². The van der Waals surface area contributed by atoms with E-state index in [0.717, 1.165) is 32.1 Å². The largest absolute Gasteiger partial charge is 0.469 e. The zero-order valence-electron chi connectivity index (χ0n) is 10.2. The molecule has 3 nitrogen and oxygen atoms in total. The van der Waals surface area contributed by atoms with Crippen molar-refractivity contribution in [1.82, 2.24) is 0 Å². The van der Waals surface area contributed by atoms with Gasteiger partial charge in [-0.05, 0) is 18.8 Å². The Morgan fingerprint density at radius 2 is 2.06 bits per heavy atom. The predicted molar refractivity (Wildman–Crippen MR) is 62.1 cm³/mol. The van der Waals surface area contributed by atoms with Crippen molar-refractivity contribution in [3.05, 3.63) is 0 Å². The average molecular weight is 226 g/mol. The molecule has 1 fully saturated rings. The molecular formula is C13H22O3. The van der Waals surface area contributed by atoms with Gasteiger partial charge >= 0.3 is 5.97 Å². The van der Waals surface area contributed by atoms with Crippen LogP contribution in [0.25, 0.3) is 0 Å². The smallest absolute Gasteiger partial charge is 0.305 e. The maximum absolute atomic E-state index is 11.0. The highest BCUT2D eigenvalue weighted by atomic mass is 16.5. The van der Waals surface area contributed by atoms with E-state index < -0.39 is 0 Å². The molecule has 0 aromatic carbocycles. The van der Waals surface area contributed by atoms with Gasteiger partial charge in [0.25, 0.3) is 0 Å². The predicted octanol–water partition coefficient (Wildman–Crippen LogP) is 2.87. The molecule has 0 radical (unpaired) electrons. The molecule has 16 heavy (non-hydrogen) atoms. The molecule has 0 aromatic heterocycles. The topological polar surface area (TPSA) is 43.4 Å². The summed E-state index contributed by atoms with van der Waals surface area (Å²) in [5.41, 5.74) is 0. The number of Topliss-reactive ketones (excluding diaryl/α,β-unsaturated/α-hetero) is 1. The maximum atomic E-state index is 11.0. The van der Waals surface area contributed by atoms with Crippen molar-refractivity contribution < 1.29 is 14.3 Å². The van der Waals surface area contributed by atoms with Crippen LogP contribution in [0.3, 0.4) is 0 Å². The van der Waals surface area contributed by atoms with Crippen LogP contribution in [-0.4, -0.2) is 18.9 Å². The first-order chi connectivity index (χ1) is 7.72. The zero-order chi connectivity index (χ0) is 11.8. The lowest BCUT2D eigenvalue weighted by Crippen LogP contribution is -1.99. The second-order valence-electron chi connectivity index (χ2n) is 4.68. The molecule has 0 amide bonds. The van der Waals surface area contributed by atoms with Gasteiger partial charge in [-0.3, -0.25) is 9.59 Å². The van der Waals surface area contributed by atoms with Crippen molar-refractivity contribution >= 4 is 11.8 Å². The van der Waals surface area contributed by atoms with Gasteiger partial charge in [-0.15, -0.1) is 0 Å². The lowest BCUT2D eigenvalue weighted by molar-refractivity contribution is -0.140. The molecular weight excluding hydrogens is 204 g/mol. The number of hydrogen-bond donors (Lipinski definition) is 0. The van der Waals surface area contributed by atoms with Crippen LogP contribution in [0, 0.1) is 5.92 Å². The van der Waals surface area contributed by atoms with Gasteiger partial charge in [0.15, 0.2) is 0 Å². The quantitative estimate of drug-likeness (QED) is 0.495. The Morgan fingerprint density at radius 1 is 1.31 bits per heavy atom. The van der Waals surface area contributed by atoms with Gasteiger partial charge in [0.1, 0.15) is 5.78 Å². The van der Waals surface area contributed by atoms with Crippen molar-refractivity contribution in [2.24, 2.45) is 5.92 Å². The van der Waals surface area contributed by atoms with Crippen molar-refractivity contribution in [3.8, 4) is 0 Å². The van der Waals surface area contributed by atoms with Gasteiger partial charge < -0.3 is 4.74 Å². The Kier molecular flexibility index (Phi) is 6.12. The summed E-state index contributed by atoms with van der Waals surface area (Å²) in [6.45, 7) is 0. The molecule has 92 valence electrons. The first-order valence-corrected chi connectivity index (χ1v) is 6.31.